The van der Waals surface area contributed by atoms with E-state index in [0.29, 0.717) is 25.5 Å². The van der Waals surface area contributed by atoms with Crippen LogP contribution >= 0.6 is 0 Å². The van der Waals surface area contributed by atoms with E-state index < -0.39 is 0 Å². The maximum atomic E-state index is 11.3. The van der Waals surface area contributed by atoms with Crippen LogP contribution in [0.3, 0.4) is 0 Å². The molecule has 0 radical (unpaired) electrons. The smallest absolute Gasteiger partial charge is 0.269 e. The lowest BCUT2D eigenvalue weighted by Gasteiger charge is -2.03. The summed E-state index contributed by atoms with van der Waals surface area (Å²) in [5.74, 6) is -0.213. The van der Waals surface area contributed by atoms with Crippen molar-refractivity contribution in [3.8, 4) is 0 Å². The summed E-state index contributed by atoms with van der Waals surface area (Å²) in [6.07, 6.45) is 2.89. The summed E-state index contributed by atoms with van der Waals surface area (Å²) in [6, 6.07) is 0. The van der Waals surface area contributed by atoms with Crippen LogP contribution in [0.25, 0.3) is 0 Å². The highest BCUT2D eigenvalue weighted by atomic mass is 16.5. The van der Waals surface area contributed by atoms with Crippen LogP contribution in [0.15, 0.2) is 12.5 Å². The molecule has 0 aromatic carbocycles. The van der Waals surface area contributed by atoms with Crippen LogP contribution in [0.1, 0.15) is 10.5 Å². The van der Waals surface area contributed by atoms with Gasteiger partial charge in [0.25, 0.3) is 5.91 Å². The molecule has 1 heterocycles. The van der Waals surface area contributed by atoms with Gasteiger partial charge in [-0.05, 0) is 0 Å². The number of rotatable bonds is 6. The van der Waals surface area contributed by atoms with Gasteiger partial charge in [0.2, 0.25) is 0 Å². The predicted molar refractivity (Wildman–Crippen MR) is 48.8 cm³/mol. The Morgan fingerprint density at radius 1 is 1.64 bits per heavy atom. The monoisotopic (exact) mass is 199 g/mol. The number of hydrogen-bond acceptors (Lipinski definition) is 4. The second kappa shape index (κ2) is 6.11. The highest BCUT2D eigenvalue weighted by Gasteiger charge is 2.04. The molecule has 0 aliphatic carbocycles. The lowest BCUT2D eigenvalue weighted by molar-refractivity contribution is 0.0835. The lowest BCUT2D eigenvalue weighted by atomic mass is 10.4. The van der Waals surface area contributed by atoms with Gasteiger partial charge in [0, 0.05) is 6.54 Å². The van der Waals surface area contributed by atoms with Gasteiger partial charge in [-0.1, -0.05) is 0 Å². The molecule has 1 aromatic rings. The Morgan fingerprint density at radius 3 is 3.14 bits per heavy atom. The zero-order valence-corrected chi connectivity index (χ0v) is 7.69. The number of hydrogen-bond donors (Lipinski definition) is 3. The Balaban J connectivity index is 2.10. The van der Waals surface area contributed by atoms with Gasteiger partial charge in [-0.3, -0.25) is 4.79 Å². The number of H-pyrrole nitrogens is 1. The first kappa shape index (κ1) is 10.7. The van der Waals surface area contributed by atoms with Crippen molar-refractivity contribution >= 4 is 5.91 Å². The Hall–Kier alpha value is -1.40. The molecular formula is C8H13N3O3. The molecule has 14 heavy (non-hydrogen) atoms. The molecule has 0 aliphatic heterocycles. The number of nitrogens with zero attached hydrogens (tertiary/aromatic N) is 1. The van der Waals surface area contributed by atoms with Gasteiger partial charge in [-0.15, -0.1) is 0 Å². The molecule has 0 atom stereocenters. The number of ether oxygens (including phenoxy) is 1. The van der Waals surface area contributed by atoms with E-state index in [4.69, 9.17) is 9.84 Å². The van der Waals surface area contributed by atoms with Crippen LogP contribution in [-0.4, -0.2) is 47.3 Å². The lowest BCUT2D eigenvalue weighted by Crippen LogP contribution is -2.27. The fourth-order valence-electron chi connectivity index (χ4n) is 0.879. The van der Waals surface area contributed by atoms with Crippen molar-refractivity contribution in [3.63, 3.8) is 0 Å². The zero-order valence-electron chi connectivity index (χ0n) is 7.69. The van der Waals surface area contributed by atoms with Gasteiger partial charge < -0.3 is 20.1 Å². The topological polar surface area (TPSA) is 87.2 Å². The summed E-state index contributed by atoms with van der Waals surface area (Å²) < 4.78 is 4.96. The van der Waals surface area contributed by atoms with Crippen LogP contribution in [0.4, 0.5) is 0 Å². The molecule has 0 aliphatic rings. The van der Waals surface area contributed by atoms with Crippen molar-refractivity contribution in [3.05, 3.63) is 18.2 Å². The number of carbonyl (C=O) groups is 1. The minimum Gasteiger partial charge on any atom is -0.394 e. The summed E-state index contributed by atoms with van der Waals surface area (Å²) >= 11 is 0. The standard InChI is InChI=1S/C8H13N3O3/c12-2-4-14-3-1-10-8(13)7-5-9-6-11-7/h5-6,12H,1-4H2,(H,9,11)(H,10,13). The summed E-state index contributed by atoms with van der Waals surface area (Å²) in [5, 5.41) is 11.0. The Morgan fingerprint density at radius 2 is 2.50 bits per heavy atom. The van der Waals surface area contributed by atoms with Crippen LogP contribution in [0, 0.1) is 0 Å². The highest BCUT2D eigenvalue weighted by Crippen LogP contribution is 1.89. The fourth-order valence-corrected chi connectivity index (χ4v) is 0.879. The highest BCUT2D eigenvalue weighted by molar-refractivity contribution is 5.91. The minimum absolute atomic E-state index is 0.00546. The van der Waals surface area contributed by atoms with Crippen molar-refractivity contribution in [1.82, 2.24) is 15.3 Å². The molecule has 78 valence electrons. The van der Waals surface area contributed by atoms with Gasteiger partial charge in [-0.2, -0.15) is 0 Å². The molecule has 0 saturated carbocycles. The van der Waals surface area contributed by atoms with E-state index in [1.165, 1.54) is 12.5 Å². The van der Waals surface area contributed by atoms with E-state index in [-0.39, 0.29) is 12.5 Å². The third kappa shape index (κ3) is 3.55. The predicted octanol–water partition coefficient (Wildman–Crippen LogP) is -0.852. The maximum Gasteiger partial charge on any atom is 0.269 e. The number of imidazole rings is 1. The van der Waals surface area contributed by atoms with E-state index in [2.05, 4.69) is 15.3 Å². The SMILES string of the molecule is O=C(NCCOCCO)c1cnc[nH]1. The second-order valence-electron chi connectivity index (χ2n) is 2.56. The molecule has 6 heteroatoms. The van der Waals surface area contributed by atoms with E-state index in [9.17, 15) is 4.79 Å². The number of aromatic amines is 1. The van der Waals surface area contributed by atoms with Crippen molar-refractivity contribution in [2.24, 2.45) is 0 Å². The van der Waals surface area contributed by atoms with E-state index in [1.54, 1.807) is 0 Å². The summed E-state index contributed by atoms with van der Waals surface area (Å²) in [4.78, 5) is 17.7. The fraction of sp³-hybridized carbons (Fsp3) is 0.500. The molecule has 0 spiro atoms. The maximum absolute atomic E-state index is 11.3. The third-order valence-electron chi connectivity index (χ3n) is 1.51. The average Bonchev–Trinajstić information content (AvgIpc) is 2.70. The first-order valence-corrected chi connectivity index (χ1v) is 4.30. The Labute approximate surface area is 81.3 Å². The van der Waals surface area contributed by atoms with Gasteiger partial charge in [0.05, 0.1) is 32.3 Å². The minimum atomic E-state index is -0.213. The van der Waals surface area contributed by atoms with E-state index >= 15 is 0 Å². The largest absolute Gasteiger partial charge is 0.394 e. The van der Waals surface area contributed by atoms with Gasteiger partial charge in [-0.25, -0.2) is 4.98 Å². The van der Waals surface area contributed by atoms with Gasteiger partial charge in [0.15, 0.2) is 0 Å². The van der Waals surface area contributed by atoms with Crippen LogP contribution in [-0.2, 0) is 4.74 Å². The number of carbonyl (C=O) groups excluding carboxylic acids is 1. The second-order valence-corrected chi connectivity index (χ2v) is 2.56. The van der Waals surface area contributed by atoms with E-state index in [0.717, 1.165) is 0 Å². The molecular weight excluding hydrogens is 186 g/mol. The number of aliphatic hydroxyl groups excluding tert-OH is 1. The molecule has 0 bridgehead atoms. The van der Waals surface area contributed by atoms with E-state index in [1.807, 2.05) is 0 Å². The normalized spacial score (nSPS) is 10.1. The van der Waals surface area contributed by atoms with Gasteiger partial charge >= 0.3 is 0 Å². The van der Waals surface area contributed by atoms with Crippen molar-refractivity contribution in [2.75, 3.05) is 26.4 Å². The number of nitrogens with one attached hydrogen (secondary N) is 2. The first-order valence-electron chi connectivity index (χ1n) is 4.30. The number of aromatic nitrogens is 2. The summed E-state index contributed by atoms with van der Waals surface area (Å²) in [6.45, 7) is 1.09. The molecule has 1 rings (SSSR count). The molecule has 1 amide bonds. The molecule has 0 fully saturated rings. The quantitative estimate of drug-likeness (QED) is 0.521. The average molecular weight is 199 g/mol. The molecule has 6 nitrogen and oxygen atoms in total. The zero-order chi connectivity index (χ0) is 10.2. The van der Waals surface area contributed by atoms with Crippen molar-refractivity contribution < 1.29 is 14.6 Å². The summed E-state index contributed by atoms with van der Waals surface area (Å²) in [7, 11) is 0. The van der Waals surface area contributed by atoms with Crippen LogP contribution < -0.4 is 5.32 Å². The Bertz CT molecular complexity index is 261. The molecule has 3 N–H and O–H groups in total. The summed E-state index contributed by atoms with van der Waals surface area (Å²) in [5.41, 5.74) is 0.423. The number of amides is 1. The van der Waals surface area contributed by atoms with Gasteiger partial charge in [0.1, 0.15) is 5.69 Å². The third-order valence-corrected chi connectivity index (χ3v) is 1.51. The Kier molecular flexibility index (Phi) is 4.66. The van der Waals surface area contributed by atoms with Crippen molar-refractivity contribution in [2.45, 2.75) is 0 Å². The van der Waals surface area contributed by atoms with Crippen LogP contribution in [0.2, 0.25) is 0 Å². The molecule has 1 aromatic heterocycles. The number of aliphatic hydroxyl groups is 1. The molecule has 0 unspecified atom stereocenters. The molecule has 0 saturated heterocycles. The first-order chi connectivity index (χ1) is 6.84. The van der Waals surface area contributed by atoms with Crippen molar-refractivity contribution in [1.29, 1.82) is 0 Å². The van der Waals surface area contributed by atoms with Crippen LogP contribution in [0.5, 0.6) is 0 Å².